The minimum Gasteiger partial charge on any atom is -0.391 e. The molecule has 16 heavy (non-hydrogen) atoms. The van der Waals surface area contributed by atoms with E-state index in [0.29, 0.717) is 13.1 Å². The number of aryl methyl sites for hydroxylation is 1. The van der Waals surface area contributed by atoms with Crippen molar-refractivity contribution in [3.8, 4) is 0 Å². The smallest absolute Gasteiger partial charge is 0.225 e. The largest absolute Gasteiger partial charge is 0.391 e. The first kappa shape index (κ1) is 11.1. The van der Waals surface area contributed by atoms with Crippen LogP contribution in [0.3, 0.4) is 0 Å². The second kappa shape index (κ2) is 4.66. The second-order valence-corrected chi connectivity index (χ2v) is 4.30. The van der Waals surface area contributed by atoms with Crippen LogP contribution in [-0.2, 0) is 17.8 Å². The van der Waals surface area contributed by atoms with Crippen LogP contribution in [0.2, 0.25) is 0 Å². The molecular formula is C13H17NO2. The predicted molar refractivity (Wildman–Crippen MR) is 61.9 cm³/mol. The fourth-order valence-corrected chi connectivity index (χ4v) is 2.00. The summed E-state index contributed by atoms with van der Waals surface area (Å²) < 4.78 is 0. The highest BCUT2D eigenvalue weighted by Gasteiger charge is 2.27. The molecule has 1 fully saturated rings. The van der Waals surface area contributed by atoms with E-state index >= 15 is 0 Å². The highest BCUT2D eigenvalue weighted by Crippen LogP contribution is 2.15. The zero-order valence-electron chi connectivity index (χ0n) is 9.52. The van der Waals surface area contributed by atoms with Crippen molar-refractivity contribution in [1.82, 2.24) is 4.90 Å². The lowest BCUT2D eigenvalue weighted by Gasteiger charge is -2.15. The van der Waals surface area contributed by atoms with Gasteiger partial charge in [-0.3, -0.25) is 4.79 Å². The number of carbonyl (C=O) groups is 1. The number of nitrogens with zero attached hydrogens (tertiary/aromatic N) is 1. The first-order valence-electron chi connectivity index (χ1n) is 5.72. The van der Waals surface area contributed by atoms with Gasteiger partial charge in [-0.15, -0.1) is 0 Å². The van der Waals surface area contributed by atoms with E-state index in [-0.39, 0.29) is 12.3 Å². The molecule has 0 aromatic heterocycles. The van der Waals surface area contributed by atoms with Crippen molar-refractivity contribution >= 4 is 5.91 Å². The van der Waals surface area contributed by atoms with E-state index in [1.54, 1.807) is 4.90 Å². The van der Waals surface area contributed by atoms with Crippen LogP contribution in [0.25, 0.3) is 0 Å². The average Bonchev–Trinajstić information content (AvgIpc) is 2.59. The highest BCUT2D eigenvalue weighted by molar-refractivity contribution is 5.79. The third kappa shape index (κ3) is 2.42. The maximum Gasteiger partial charge on any atom is 0.225 e. The van der Waals surface area contributed by atoms with E-state index in [4.69, 9.17) is 0 Å². The van der Waals surface area contributed by atoms with Gasteiger partial charge in [0.2, 0.25) is 5.91 Å². The molecule has 86 valence electrons. The van der Waals surface area contributed by atoms with Crippen LogP contribution in [0.4, 0.5) is 0 Å². The van der Waals surface area contributed by atoms with E-state index in [1.807, 2.05) is 0 Å². The Hall–Kier alpha value is -1.35. The van der Waals surface area contributed by atoms with Crippen molar-refractivity contribution in [3.63, 3.8) is 0 Å². The number of amides is 1. The van der Waals surface area contributed by atoms with Gasteiger partial charge in [-0.05, 0) is 17.5 Å². The van der Waals surface area contributed by atoms with Crippen molar-refractivity contribution in [2.45, 2.75) is 32.4 Å². The van der Waals surface area contributed by atoms with Gasteiger partial charge in [-0.25, -0.2) is 0 Å². The van der Waals surface area contributed by atoms with Crippen LogP contribution in [0.15, 0.2) is 24.3 Å². The summed E-state index contributed by atoms with van der Waals surface area (Å²) in [6.07, 6.45) is 0.816. The summed E-state index contributed by atoms with van der Waals surface area (Å²) in [5.41, 5.74) is 2.43. The summed E-state index contributed by atoms with van der Waals surface area (Å²) in [6, 6.07) is 8.28. The van der Waals surface area contributed by atoms with E-state index in [1.165, 1.54) is 5.56 Å². The van der Waals surface area contributed by atoms with Crippen LogP contribution in [0.5, 0.6) is 0 Å². The number of carbonyl (C=O) groups excluding carboxylic acids is 1. The number of aliphatic hydroxyl groups excluding tert-OH is 1. The first-order valence-corrected chi connectivity index (χ1v) is 5.72. The zero-order chi connectivity index (χ0) is 11.5. The molecule has 1 aliphatic rings. The van der Waals surface area contributed by atoms with E-state index in [2.05, 4.69) is 31.2 Å². The Bertz CT molecular complexity index is 372. The molecule has 2 rings (SSSR count). The molecule has 0 radical (unpaired) electrons. The third-order valence-corrected chi connectivity index (χ3v) is 3.00. The number of likely N-dealkylation sites (tertiary alicyclic amines) is 1. The lowest BCUT2D eigenvalue weighted by Crippen LogP contribution is -2.25. The van der Waals surface area contributed by atoms with Gasteiger partial charge in [0.1, 0.15) is 0 Å². The molecule has 1 amide bonds. The van der Waals surface area contributed by atoms with Crippen LogP contribution < -0.4 is 0 Å². The second-order valence-electron chi connectivity index (χ2n) is 4.30. The summed E-state index contributed by atoms with van der Waals surface area (Å²) in [7, 11) is 0. The Morgan fingerprint density at radius 3 is 2.44 bits per heavy atom. The van der Waals surface area contributed by atoms with Crippen LogP contribution in [0.1, 0.15) is 24.5 Å². The Kier molecular flexibility index (Phi) is 3.25. The van der Waals surface area contributed by atoms with Crippen molar-refractivity contribution in [2.75, 3.05) is 6.54 Å². The minimum absolute atomic E-state index is 0.0482. The molecule has 1 heterocycles. The number of hydrogen-bond donors (Lipinski definition) is 1. The molecule has 1 unspecified atom stereocenters. The summed E-state index contributed by atoms with van der Waals surface area (Å²) >= 11 is 0. The summed E-state index contributed by atoms with van der Waals surface area (Å²) in [4.78, 5) is 13.2. The molecule has 1 aromatic carbocycles. The molecule has 1 aliphatic heterocycles. The van der Waals surface area contributed by atoms with Gasteiger partial charge in [0.15, 0.2) is 0 Å². The quantitative estimate of drug-likeness (QED) is 0.833. The van der Waals surface area contributed by atoms with Gasteiger partial charge in [-0.2, -0.15) is 0 Å². The van der Waals surface area contributed by atoms with E-state index in [0.717, 1.165) is 12.0 Å². The molecular weight excluding hydrogens is 202 g/mol. The van der Waals surface area contributed by atoms with Crippen molar-refractivity contribution in [1.29, 1.82) is 0 Å². The molecule has 0 saturated carbocycles. The van der Waals surface area contributed by atoms with Gasteiger partial charge >= 0.3 is 0 Å². The maximum atomic E-state index is 11.5. The number of aliphatic hydroxyl groups is 1. The highest BCUT2D eigenvalue weighted by atomic mass is 16.3. The Morgan fingerprint density at radius 2 is 1.94 bits per heavy atom. The minimum atomic E-state index is -0.484. The average molecular weight is 219 g/mol. The van der Waals surface area contributed by atoms with Gasteiger partial charge in [0.05, 0.1) is 12.5 Å². The van der Waals surface area contributed by atoms with Crippen molar-refractivity contribution in [2.24, 2.45) is 0 Å². The standard InChI is InChI=1S/C13H17NO2/c1-2-10-3-5-11(6-4-10)8-14-9-12(15)7-13(14)16/h3-6,12,15H,2,7-9H2,1H3. The van der Waals surface area contributed by atoms with E-state index in [9.17, 15) is 9.90 Å². The topological polar surface area (TPSA) is 40.5 Å². The Balaban J connectivity index is 2.01. The summed E-state index contributed by atoms with van der Waals surface area (Å²) in [5, 5.41) is 9.37. The number of benzene rings is 1. The third-order valence-electron chi connectivity index (χ3n) is 3.00. The number of hydrogen-bond acceptors (Lipinski definition) is 2. The zero-order valence-corrected chi connectivity index (χ0v) is 9.52. The molecule has 3 heteroatoms. The molecule has 1 atom stereocenters. The van der Waals surface area contributed by atoms with Gasteiger partial charge < -0.3 is 10.0 Å². The van der Waals surface area contributed by atoms with Gasteiger partial charge in [-0.1, -0.05) is 31.2 Å². The van der Waals surface area contributed by atoms with Gasteiger partial charge in [0, 0.05) is 13.1 Å². The fraction of sp³-hybridized carbons (Fsp3) is 0.462. The molecule has 0 spiro atoms. The normalized spacial score (nSPS) is 20.5. The van der Waals surface area contributed by atoms with E-state index < -0.39 is 6.10 Å². The summed E-state index contributed by atoms with van der Waals surface area (Å²) in [5.74, 6) is 0.0482. The Morgan fingerprint density at radius 1 is 1.31 bits per heavy atom. The lowest BCUT2D eigenvalue weighted by molar-refractivity contribution is -0.128. The number of β-amino-alcohol motifs (C(OH)–C–C–N with tert-alkyl or cyclic N) is 1. The lowest BCUT2D eigenvalue weighted by atomic mass is 10.1. The van der Waals surface area contributed by atoms with Crippen molar-refractivity contribution in [3.05, 3.63) is 35.4 Å². The maximum absolute atomic E-state index is 11.5. The molecule has 1 aromatic rings. The molecule has 0 aliphatic carbocycles. The summed E-state index contributed by atoms with van der Waals surface area (Å²) in [6.45, 7) is 3.20. The van der Waals surface area contributed by atoms with Crippen LogP contribution in [-0.4, -0.2) is 28.6 Å². The molecule has 1 N–H and O–H groups in total. The van der Waals surface area contributed by atoms with Crippen LogP contribution in [0, 0.1) is 0 Å². The first-order chi connectivity index (χ1) is 7.69. The van der Waals surface area contributed by atoms with Crippen LogP contribution >= 0.6 is 0 Å². The Labute approximate surface area is 95.7 Å². The molecule has 1 saturated heterocycles. The SMILES string of the molecule is CCc1ccc(CN2CC(O)CC2=O)cc1. The van der Waals surface area contributed by atoms with Crippen molar-refractivity contribution < 1.29 is 9.90 Å². The monoisotopic (exact) mass is 219 g/mol. The number of rotatable bonds is 3. The predicted octanol–water partition coefficient (Wildman–Crippen LogP) is 1.34. The fourth-order valence-electron chi connectivity index (χ4n) is 2.00. The molecule has 0 bridgehead atoms. The van der Waals surface area contributed by atoms with Gasteiger partial charge in [0.25, 0.3) is 0 Å². The molecule has 3 nitrogen and oxygen atoms in total.